The number of imide groups is 1. The van der Waals surface area contributed by atoms with E-state index in [1.807, 2.05) is 24.3 Å². The van der Waals surface area contributed by atoms with Crippen molar-refractivity contribution >= 4 is 62.2 Å². The van der Waals surface area contributed by atoms with Crippen LogP contribution in [0, 0.1) is 0 Å². The summed E-state index contributed by atoms with van der Waals surface area (Å²) in [5, 5.41) is 1.35. The number of rotatable bonds is 1. The highest BCUT2D eigenvalue weighted by atomic mass is 35.5. The van der Waals surface area contributed by atoms with Crippen molar-refractivity contribution in [3.63, 3.8) is 0 Å². The largest absolute Gasteiger partial charge is 0.453 e. The number of fused-ring (bicyclic) bond motifs is 5. The van der Waals surface area contributed by atoms with Crippen molar-refractivity contribution in [2.75, 3.05) is 4.90 Å². The molecule has 0 bridgehead atoms. The smallest absolute Gasteiger partial charge is 0.416 e. The van der Waals surface area contributed by atoms with E-state index in [4.69, 9.17) is 20.4 Å². The van der Waals surface area contributed by atoms with Crippen LogP contribution in [0.4, 0.5) is 18.9 Å². The summed E-state index contributed by atoms with van der Waals surface area (Å²) in [6, 6.07) is 19.7. The average molecular weight is 508 g/mol. The Morgan fingerprint density at radius 3 is 1.67 bits per heavy atom. The van der Waals surface area contributed by atoms with E-state index in [1.54, 1.807) is 24.3 Å². The van der Waals surface area contributed by atoms with Crippen molar-refractivity contribution < 1.29 is 31.6 Å². The van der Waals surface area contributed by atoms with Crippen molar-refractivity contribution in [2.24, 2.45) is 0 Å². The molecular formula is C27H13ClF3NO4. The van der Waals surface area contributed by atoms with Gasteiger partial charge in [-0.1, -0.05) is 48.0 Å². The summed E-state index contributed by atoms with van der Waals surface area (Å²) in [5.41, 5.74) is -0.117. The number of carbonyl (C=O) groups excluding carboxylic acids is 2. The molecule has 2 heterocycles. The number of amides is 2. The van der Waals surface area contributed by atoms with Crippen LogP contribution in [0.15, 0.2) is 87.7 Å². The highest BCUT2D eigenvalue weighted by molar-refractivity contribution is 6.40. The number of halogens is 4. The maximum Gasteiger partial charge on any atom is 0.416 e. The second-order valence-electron chi connectivity index (χ2n) is 8.15. The summed E-state index contributed by atoms with van der Waals surface area (Å²) in [6.45, 7) is 0. The van der Waals surface area contributed by atoms with Crippen molar-refractivity contribution in [2.45, 2.75) is 6.18 Å². The van der Waals surface area contributed by atoms with Gasteiger partial charge in [0.1, 0.15) is 11.2 Å². The van der Waals surface area contributed by atoms with Gasteiger partial charge in [0, 0.05) is 10.8 Å². The van der Waals surface area contributed by atoms with Gasteiger partial charge in [-0.15, -0.1) is 0 Å². The van der Waals surface area contributed by atoms with E-state index in [0.29, 0.717) is 22.1 Å². The lowest BCUT2D eigenvalue weighted by Crippen LogP contribution is -2.30. The quantitative estimate of drug-likeness (QED) is 0.216. The maximum atomic E-state index is 13.3. The fourth-order valence-corrected chi connectivity index (χ4v) is 4.48. The van der Waals surface area contributed by atoms with Crippen LogP contribution in [-0.4, -0.2) is 11.8 Å². The Bertz CT molecular complexity index is 1700. The van der Waals surface area contributed by atoms with Gasteiger partial charge in [0.25, 0.3) is 11.8 Å². The number of hydrogen-bond acceptors (Lipinski definition) is 4. The van der Waals surface area contributed by atoms with Gasteiger partial charge in [-0.25, -0.2) is 4.90 Å². The lowest BCUT2D eigenvalue weighted by Gasteiger charge is -2.17. The standard InChI is InChI=1S/C27H13ClF3NO4/c28-19-10-9-14(27(29,30)31)11-20(19)32-25(33)17-12-23-24(13-18(17)26(32)34)36-22-8-4-2-6-16(22)15-5-1-3-7-21(15)35-23/h1-13H. The summed E-state index contributed by atoms with van der Waals surface area (Å²) >= 11 is 6.12. The molecule has 0 atom stereocenters. The van der Waals surface area contributed by atoms with E-state index < -0.39 is 23.6 Å². The SMILES string of the molecule is O=C1c2cc3oc4ccccc4c4ccccc4oc3cc2C(=O)N1c1cc(C(F)(F)F)ccc1Cl. The van der Waals surface area contributed by atoms with Crippen LogP contribution in [0.5, 0.6) is 0 Å². The maximum absolute atomic E-state index is 13.3. The Balaban J connectivity index is 1.61. The molecule has 6 rings (SSSR count). The van der Waals surface area contributed by atoms with Crippen molar-refractivity contribution in [3.8, 4) is 0 Å². The molecule has 4 aromatic carbocycles. The van der Waals surface area contributed by atoms with E-state index >= 15 is 0 Å². The molecule has 0 radical (unpaired) electrons. The third-order valence-electron chi connectivity index (χ3n) is 5.97. The third-order valence-corrected chi connectivity index (χ3v) is 6.29. The van der Waals surface area contributed by atoms with Crippen LogP contribution in [-0.2, 0) is 6.18 Å². The minimum absolute atomic E-state index is 0.0397. The number of nitrogens with zero attached hydrogens (tertiary/aromatic N) is 1. The summed E-state index contributed by atoms with van der Waals surface area (Å²) in [6.07, 6.45) is -4.68. The molecule has 0 saturated carbocycles. The molecule has 1 aliphatic heterocycles. The lowest BCUT2D eigenvalue weighted by atomic mass is 10.1. The molecule has 0 saturated heterocycles. The number of benzene rings is 4. The van der Waals surface area contributed by atoms with Gasteiger partial charge in [0.05, 0.1) is 27.4 Å². The Hall–Kier alpha value is -4.30. The minimum Gasteiger partial charge on any atom is -0.453 e. The van der Waals surface area contributed by atoms with Gasteiger partial charge in [-0.3, -0.25) is 9.59 Å². The first-order valence-electron chi connectivity index (χ1n) is 10.7. The average Bonchev–Trinajstić information content (AvgIpc) is 3.07. The van der Waals surface area contributed by atoms with Gasteiger partial charge in [0.2, 0.25) is 0 Å². The summed E-state index contributed by atoms with van der Waals surface area (Å²) in [4.78, 5) is 27.2. The molecule has 5 nitrogen and oxygen atoms in total. The molecule has 1 aliphatic rings. The predicted molar refractivity (Wildman–Crippen MR) is 129 cm³/mol. The second-order valence-corrected chi connectivity index (χ2v) is 8.56. The molecule has 0 spiro atoms. The van der Waals surface area contributed by atoms with Gasteiger partial charge in [-0.2, -0.15) is 13.2 Å². The zero-order valence-electron chi connectivity index (χ0n) is 18.1. The van der Waals surface area contributed by atoms with Crippen LogP contribution < -0.4 is 4.90 Å². The Morgan fingerprint density at radius 2 is 1.17 bits per heavy atom. The van der Waals surface area contributed by atoms with E-state index in [2.05, 4.69) is 0 Å². The monoisotopic (exact) mass is 507 g/mol. The van der Waals surface area contributed by atoms with Crippen molar-refractivity contribution in [1.82, 2.24) is 0 Å². The van der Waals surface area contributed by atoms with Crippen LogP contribution in [0.25, 0.3) is 33.1 Å². The molecule has 36 heavy (non-hydrogen) atoms. The lowest BCUT2D eigenvalue weighted by molar-refractivity contribution is -0.137. The zero-order valence-corrected chi connectivity index (χ0v) is 18.9. The number of hydrogen-bond donors (Lipinski definition) is 0. The van der Waals surface area contributed by atoms with Crippen molar-refractivity contribution in [1.29, 1.82) is 0 Å². The summed E-state index contributed by atoms with van der Waals surface area (Å²) in [7, 11) is 0. The van der Waals surface area contributed by atoms with E-state index in [-0.39, 0.29) is 33.0 Å². The molecule has 5 aromatic rings. The third kappa shape index (κ3) is 3.41. The molecule has 178 valence electrons. The van der Waals surface area contributed by atoms with Gasteiger partial charge < -0.3 is 8.83 Å². The topological polar surface area (TPSA) is 63.7 Å². The van der Waals surface area contributed by atoms with Gasteiger partial charge in [0.15, 0.2) is 11.2 Å². The first-order valence-corrected chi connectivity index (χ1v) is 11.1. The van der Waals surface area contributed by atoms with Crippen LogP contribution in [0.1, 0.15) is 26.3 Å². The molecule has 0 N–H and O–H groups in total. The first kappa shape index (κ1) is 22.2. The molecule has 0 fully saturated rings. The Kier molecular flexibility index (Phi) is 4.84. The van der Waals surface area contributed by atoms with Crippen LogP contribution >= 0.6 is 11.6 Å². The highest BCUT2D eigenvalue weighted by Gasteiger charge is 2.40. The highest BCUT2D eigenvalue weighted by Crippen LogP contribution is 2.39. The fraction of sp³-hybridized carbons (Fsp3) is 0.0370. The molecule has 0 unspecified atom stereocenters. The normalized spacial score (nSPS) is 13.6. The minimum atomic E-state index is -4.68. The molecule has 0 aliphatic carbocycles. The Morgan fingerprint density at radius 1 is 0.667 bits per heavy atom. The summed E-state index contributed by atoms with van der Waals surface area (Å²) < 4.78 is 52.1. The first-order chi connectivity index (χ1) is 17.2. The Labute approximate surface area is 205 Å². The van der Waals surface area contributed by atoms with Crippen LogP contribution in [0.3, 0.4) is 0 Å². The van der Waals surface area contributed by atoms with E-state index in [1.165, 1.54) is 12.1 Å². The van der Waals surface area contributed by atoms with E-state index in [0.717, 1.165) is 22.9 Å². The number of carbonyl (C=O) groups is 2. The van der Waals surface area contributed by atoms with E-state index in [9.17, 15) is 22.8 Å². The zero-order chi connectivity index (χ0) is 25.2. The predicted octanol–water partition coefficient (Wildman–Crippen LogP) is 7.93. The van der Waals surface area contributed by atoms with Gasteiger partial charge in [-0.05, 0) is 42.5 Å². The summed E-state index contributed by atoms with van der Waals surface area (Å²) in [5.74, 6) is -1.64. The molecule has 1 aromatic heterocycles. The molecular weight excluding hydrogens is 495 g/mol. The fourth-order valence-electron chi connectivity index (χ4n) is 4.28. The van der Waals surface area contributed by atoms with Crippen molar-refractivity contribution in [3.05, 3.63) is 101 Å². The molecule has 2 amide bonds. The number of para-hydroxylation sites is 2. The number of alkyl halides is 3. The second kappa shape index (κ2) is 7.86. The van der Waals surface area contributed by atoms with Crippen LogP contribution in [0.2, 0.25) is 5.02 Å². The number of anilines is 1. The van der Waals surface area contributed by atoms with Gasteiger partial charge >= 0.3 is 6.18 Å². The molecule has 9 heteroatoms.